The maximum Gasteiger partial charge on any atom is 0.326 e. The van der Waals surface area contributed by atoms with Crippen molar-refractivity contribution in [3.63, 3.8) is 0 Å². The molecule has 3 aromatic carbocycles. The van der Waals surface area contributed by atoms with Crippen LogP contribution in [0.25, 0.3) is 11.3 Å². The molecule has 0 fully saturated rings. The van der Waals surface area contributed by atoms with E-state index >= 15 is 0 Å². The first-order chi connectivity index (χ1) is 17.0. The van der Waals surface area contributed by atoms with Gasteiger partial charge in [0.05, 0.1) is 5.69 Å². The van der Waals surface area contributed by atoms with Crippen LogP contribution in [0.4, 0.5) is 5.82 Å². The Morgan fingerprint density at radius 2 is 1.57 bits per heavy atom. The summed E-state index contributed by atoms with van der Waals surface area (Å²) in [5.41, 5.74) is 3.69. The van der Waals surface area contributed by atoms with Crippen molar-refractivity contribution in [1.82, 2.24) is 9.55 Å². The summed E-state index contributed by atoms with van der Waals surface area (Å²) in [5.74, 6) is -0.445. The molecule has 0 radical (unpaired) electrons. The lowest BCUT2D eigenvalue weighted by atomic mass is 10.1. The van der Waals surface area contributed by atoms with Gasteiger partial charge in [-0.15, -0.1) is 0 Å². The van der Waals surface area contributed by atoms with E-state index in [-0.39, 0.29) is 24.1 Å². The number of esters is 1. The number of anilines is 1. The quantitative estimate of drug-likeness (QED) is 0.325. The first-order valence-electron chi connectivity index (χ1n) is 11.4. The summed E-state index contributed by atoms with van der Waals surface area (Å²) in [5, 5.41) is 3.21. The summed E-state index contributed by atoms with van der Waals surface area (Å²) in [4.78, 5) is 30.5. The molecule has 0 saturated carbocycles. The van der Waals surface area contributed by atoms with Gasteiger partial charge in [-0.3, -0.25) is 14.2 Å². The molecule has 178 valence electrons. The molecule has 0 unspecified atom stereocenters. The molecule has 1 heterocycles. The summed E-state index contributed by atoms with van der Waals surface area (Å²) >= 11 is 6.57. The maximum atomic E-state index is 13.4. The standard InChI is InChI=1S/C28H26ClN3O3/c1-20-12-14-23(15-13-20)25-26(29)31-27(30-17-16-21-8-4-2-5-9-21)28(34)32(25)18-24(33)35-19-22-10-6-3-7-11-22/h2-15H,16-19H2,1H3,(H,30,31). The van der Waals surface area contributed by atoms with Crippen molar-refractivity contribution in [2.75, 3.05) is 11.9 Å². The van der Waals surface area contributed by atoms with E-state index in [1.54, 1.807) is 0 Å². The number of ether oxygens (including phenoxy) is 1. The smallest absolute Gasteiger partial charge is 0.326 e. The minimum Gasteiger partial charge on any atom is -0.459 e. The van der Waals surface area contributed by atoms with Crippen molar-refractivity contribution in [1.29, 1.82) is 0 Å². The SMILES string of the molecule is Cc1ccc(-c2c(Cl)nc(NCCc3ccccc3)c(=O)n2CC(=O)OCc2ccccc2)cc1. The molecule has 0 saturated heterocycles. The first kappa shape index (κ1) is 24.2. The van der Waals surface area contributed by atoms with E-state index in [0.29, 0.717) is 24.2 Å². The van der Waals surface area contributed by atoms with Crippen LogP contribution in [0.3, 0.4) is 0 Å². The van der Waals surface area contributed by atoms with Crippen LogP contribution >= 0.6 is 11.6 Å². The van der Waals surface area contributed by atoms with Crippen LogP contribution in [-0.2, 0) is 29.1 Å². The van der Waals surface area contributed by atoms with Gasteiger partial charge < -0.3 is 10.1 Å². The molecule has 6 nitrogen and oxygen atoms in total. The van der Waals surface area contributed by atoms with Gasteiger partial charge in [-0.05, 0) is 24.5 Å². The minimum absolute atomic E-state index is 0.0950. The third kappa shape index (κ3) is 6.37. The number of halogens is 1. The van der Waals surface area contributed by atoms with Crippen molar-refractivity contribution in [3.05, 3.63) is 117 Å². The Kier molecular flexibility index (Phi) is 7.95. The van der Waals surface area contributed by atoms with Crippen LogP contribution in [-0.4, -0.2) is 22.1 Å². The summed E-state index contributed by atoms with van der Waals surface area (Å²) < 4.78 is 6.76. The minimum atomic E-state index is -0.540. The number of nitrogens with one attached hydrogen (secondary N) is 1. The van der Waals surface area contributed by atoms with Crippen LogP contribution in [0.15, 0.2) is 89.7 Å². The number of rotatable bonds is 9. The zero-order chi connectivity index (χ0) is 24.6. The van der Waals surface area contributed by atoms with Crippen LogP contribution in [0.2, 0.25) is 5.15 Å². The van der Waals surface area contributed by atoms with Gasteiger partial charge in [0.15, 0.2) is 11.0 Å². The average Bonchev–Trinajstić information content (AvgIpc) is 2.88. The molecule has 1 N–H and O–H groups in total. The van der Waals surface area contributed by atoms with Crippen molar-refractivity contribution < 1.29 is 9.53 Å². The fourth-order valence-corrected chi connectivity index (χ4v) is 3.97. The molecule has 1 aromatic heterocycles. The predicted octanol–water partition coefficient (Wildman–Crippen LogP) is 5.27. The van der Waals surface area contributed by atoms with Crippen LogP contribution in [0, 0.1) is 6.92 Å². The number of hydrogen-bond donors (Lipinski definition) is 1. The van der Waals surface area contributed by atoms with E-state index in [2.05, 4.69) is 10.3 Å². The van der Waals surface area contributed by atoms with Gasteiger partial charge in [-0.1, -0.05) is 102 Å². The summed E-state index contributed by atoms with van der Waals surface area (Å²) in [6.45, 7) is 2.29. The summed E-state index contributed by atoms with van der Waals surface area (Å²) in [7, 11) is 0. The molecular weight excluding hydrogens is 462 g/mol. The molecule has 4 rings (SSSR count). The highest BCUT2D eigenvalue weighted by atomic mass is 35.5. The van der Waals surface area contributed by atoms with E-state index in [9.17, 15) is 9.59 Å². The van der Waals surface area contributed by atoms with Crippen molar-refractivity contribution in [2.45, 2.75) is 26.5 Å². The highest BCUT2D eigenvalue weighted by Gasteiger charge is 2.20. The highest BCUT2D eigenvalue weighted by Crippen LogP contribution is 2.27. The van der Waals surface area contributed by atoms with Gasteiger partial charge >= 0.3 is 5.97 Å². The molecule has 0 amide bonds. The lowest BCUT2D eigenvalue weighted by Crippen LogP contribution is -2.30. The number of hydrogen-bond acceptors (Lipinski definition) is 5. The molecule has 0 spiro atoms. The first-order valence-corrected chi connectivity index (χ1v) is 11.7. The number of carbonyl (C=O) groups is 1. The Balaban J connectivity index is 1.60. The fraction of sp³-hybridized carbons (Fsp3) is 0.179. The van der Waals surface area contributed by atoms with Gasteiger partial charge in [0.2, 0.25) is 0 Å². The van der Waals surface area contributed by atoms with Gasteiger partial charge in [0.1, 0.15) is 13.2 Å². The lowest BCUT2D eigenvalue weighted by Gasteiger charge is -2.16. The van der Waals surface area contributed by atoms with Crippen LogP contribution in [0.1, 0.15) is 16.7 Å². The Labute approximate surface area is 209 Å². The molecule has 0 atom stereocenters. The number of carbonyl (C=O) groups excluding carboxylic acids is 1. The van der Waals surface area contributed by atoms with Crippen LogP contribution in [0.5, 0.6) is 0 Å². The molecule has 0 aliphatic carbocycles. The second-order valence-corrected chi connectivity index (χ2v) is 8.52. The largest absolute Gasteiger partial charge is 0.459 e. The zero-order valence-corrected chi connectivity index (χ0v) is 20.2. The Hall–Kier alpha value is -3.90. The number of nitrogens with zero attached hydrogens (tertiary/aromatic N) is 2. The van der Waals surface area contributed by atoms with Gasteiger partial charge in [-0.25, -0.2) is 4.98 Å². The summed E-state index contributed by atoms with van der Waals surface area (Å²) in [6.07, 6.45) is 0.707. The number of aromatic nitrogens is 2. The number of aryl methyl sites for hydroxylation is 1. The molecule has 4 aromatic rings. The van der Waals surface area contributed by atoms with E-state index in [0.717, 1.165) is 16.7 Å². The molecular formula is C28H26ClN3O3. The predicted molar refractivity (Wildman–Crippen MR) is 139 cm³/mol. The molecule has 7 heteroatoms. The third-order valence-electron chi connectivity index (χ3n) is 5.53. The Bertz CT molecular complexity index is 1340. The lowest BCUT2D eigenvalue weighted by molar-refractivity contribution is -0.145. The van der Waals surface area contributed by atoms with Crippen LogP contribution < -0.4 is 10.9 Å². The molecule has 35 heavy (non-hydrogen) atoms. The normalized spacial score (nSPS) is 10.7. The monoisotopic (exact) mass is 487 g/mol. The molecule has 0 aliphatic heterocycles. The van der Waals surface area contributed by atoms with E-state index in [1.807, 2.05) is 91.9 Å². The molecule has 0 aliphatic rings. The maximum absolute atomic E-state index is 13.4. The van der Waals surface area contributed by atoms with E-state index in [1.165, 1.54) is 4.57 Å². The third-order valence-corrected chi connectivity index (χ3v) is 5.79. The molecule has 0 bridgehead atoms. The van der Waals surface area contributed by atoms with Crippen molar-refractivity contribution >= 4 is 23.4 Å². The second-order valence-electron chi connectivity index (χ2n) is 8.17. The topological polar surface area (TPSA) is 73.2 Å². The van der Waals surface area contributed by atoms with Gasteiger partial charge in [0.25, 0.3) is 5.56 Å². The fourth-order valence-electron chi connectivity index (χ4n) is 3.67. The van der Waals surface area contributed by atoms with Gasteiger partial charge in [0, 0.05) is 12.1 Å². The Morgan fingerprint density at radius 1 is 0.943 bits per heavy atom. The zero-order valence-electron chi connectivity index (χ0n) is 19.4. The highest BCUT2D eigenvalue weighted by molar-refractivity contribution is 6.32. The summed E-state index contributed by atoms with van der Waals surface area (Å²) in [6, 6.07) is 26.8. The van der Waals surface area contributed by atoms with E-state index < -0.39 is 11.5 Å². The van der Waals surface area contributed by atoms with Crippen molar-refractivity contribution in [3.8, 4) is 11.3 Å². The second kappa shape index (κ2) is 11.5. The van der Waals surface area contributed by atoms with E-state index in [4.69, 9.17) is 16.3 Å². The van der Waals surface area contributed by atoms with Gasteiger partial charge in [-0.2, -0.15) is 0 Å². The Morgan fingerprint density at radius 3 is 2.23 bits per heavy atom. The number of benzene rings is 3. The average molecular weight is 488 g/mol. The van der Waals surface area contributed by atoms with Crippen molar-refractivity contribution in [2.24, 2.45) is 0 Å².